The van der Waals surface area contributed by atoms with E-state index in [-0.39, 0.29) is 24.3 Å². The quantitative estimate of drug-likeness (QED) is 0.409. The van der Waals surface area contributed by atoms with Crippen molar-refractivity contribution in [3.63, 3.8) is 0 Å². The zero-order valence-corrected chi connectivity index (χ0v) is 18.7. The Morgan fingerprint density at radius 3 is 2.43 bits per heavy atom. The Hall–Kier alpha value is -4.60. The highest BCUT2D eigenvalue weighted by molar-refractivity contribution is 5.88. The van der Waals surface area contributed by atoms with Crippen LogP contribution in [0.15, 0.2) is 77.9 Å². The number of amides is 1. The van der Waals surface area contributed by atoms with E-state index in [4.69, 9.17) is 0 Å². The van der Waals surface area contributed by atoms with Crippen molar-refractivity contribution in [2.75, 3.05) is 0 Å². The molecule has 10 heteroatoms. The molecule has 0 atom stereocenters. The third kappa shape index (κ3) is 4.33. The van der Waals surface area contributed by atoms with Crippen molar-refractivity contribution in [2.45, 2.75) is 20.0 Å². The lowest BCUT2D eigenvalue weighted by Crippen LogP contribution is -2.34. The van der Waals surface area contributed by atoms with E-state index >= 15 is 0 Å². The number of carbonyl (C=O) groups excluding carboxylic acids is 1. The van der Waals surface area contributed by atoms with Crippen LogP contribution in [-0.4, -0.2) is 30.0 Å². The molecule has 176 valence electrons. The Kier molecular flexibility index (Phi) is 5.69. The fraction of sp³-hybridized carbons (Fsp3) is 0.120. The van der Waals surface area contributed by atoms with Gasteiger partial charge in [-0.05, 0) is 55.0 Å². The maximum atomic E-state index is 14.0. The van der Waals surface area contributed by atoms with Gasteiger partial charge in [0.15, 0.2) is 5.82 Å². The minimum atomic E-state index is -0.506. The van der Waals surface area contributed by atoms with Crippen LogP contribution in [0.1, 0.15) is 11.3 Å². The average Bonchev–Trinajstić information content (AvgIpc) is 3.50. The van der Waals surface area contributed by atoms with Crippen LogP contribution >= 0.6 is 0 Å². The van der Waals surface area contributed by atoms with Crippen LogP contribution in [-0.2, 0) is 17.9 Å². The van der Waals surface area contributed by atoms with Gasteiger partial charge in [-0.2, -0.15) is 10.2 Å². The SMILES string of the molecule is Cc1nn(CC(=O)NCc2ccc(F)cc2)c(=O)c2c(-n3cccc3)n(-c3cccc(F)c3)nc12. The molecule has 0 aliphatic rings. The molecule has 0 fully saturated rings. The monoisotopic (exact) mass is 474 g/mol. The molecule has 0 bridgehead atoms. The van der Waals surface area contributed by atoms with E-state index in [1.54, 1.807) is 60.3 Å². The molecule has 0 unspecified atom stereocenters. The molecule has 0 aliphatic carbocycles. The first-order valence-electron chi connectivity index (χ1n) is 10.8. The molecule has 0 saturated carbocycles. The van der Waals surface area contributed by atoms with E-state index in [1.165, 1.54) is 28.9 Å². The summed E-state index contributed by atoms with van der Waals surface area (Å²) in [6, 6.07) is 15.2. The molecule has 5 rings (SSSR count). The molecule has 35 heavy (non-hydrogen) atoms. The first-order valence-corrected chi connectivity index (χ1v) is 10.8. The summed E-state index contributed by atoms with van der Waals surface area (Å²) in [6.45, 7) is 1.56. The van der Waals surface area contributed by atoms with E-state index in [2.05, 4.69) is 15.5 Å². The highest BCUT2D eigenvalue weighted by Gasteiger charge is 2.22. The second-order valence-corrected chi connectivity index (χ2v) is 7.98. The molecule has 8 nitrogen and oxygen atoms in total. The van der Waals surface area contributed by atoms with Crippen molar-refractivity contribution in [3.05, 3.63) is 106 Å². The molecule has 3 heterocycles. The van der Waals surface area contributed by atoms with Gasteiger partial charge in [-0.25, -0.2) is 18.1 Å². The largest absolute Gasteiger partial charge is 0.350 e. The molecule has 2 aromatic carbocycles. The van der Waals surface area contributed by atoms with E-state index in [0.29, 0.717) is 22.7 Å². The standard InChI is InChI=1S/C25H20F2N6O2/c1-16-23-22(24(31-11-2-3-12-31)33(30-23)20-6-4-5-19(27)13-20)25(35)32(29-16)15-21(34)28-14-17-7-9-18(26)10-8-17/h2-13H,14-15H2,1H3,(H,28,34). The van der Waals surface area contributed by atoms with Crippen molar-refractivity contribution in [1.82, 2.24) is 29.4 Å². The molecule has 5 aromatic rings. The first kappa shape index (κ1) is 22.2. The summed E-state index contributed by atoms with van der Waals surface area (Å²) in [5.41, 5.74) is 1.44. The summed E-state index contributed by atoms with van der Waals surface area (Å²) in [5.74, 6) is -0.822. The summed E-state index contributed by atoms with van der Waals surface area (Å²) >= 11 is 0. The molecule has 0 aliphatic heterocycles. The molecule has 0 saturated heterocycles. The van der Waals surface area contributed by atoms with Crippen LogP contribution in [0.4, 0.5) is 8.78 Å². The lowest BCUT2D eigenvalue weighted by atomic mass is 10.2. The van der Waals surface area contributed by atoms with Gasteiger partial charge in [0.2, 0.25) is 5.91 Å². The molecule has 1 amide bonds. The van der Waals surface area contributed by atoms with Crippen molar-refractivity contribution in [2.24, 2.45) is 0 Å². The van der Waals surface area contributed by atoms with Gasteiger partial charge < -0.3 is 9.88 Å². The Labute approximate surface area is 198 Å². The number of benzene rings is 2. The minimum Gasteiger partial charge on any atom is -0.350 e. The third-order valence-corrected chi connectivity index (χ3v) is 5.52. The van der Waals surface area contributed by atoms with Gasteiger partial charge in [0.05, 0.1) is 11.4 Å². The van der Waals surface area contributed by atoms with Gasteiger partial charge in [0, 0.05) is 18.9 Å². The number of hydrogen-bond donors (Lipinski definition) is 1. The summed E-state index contributed by atoms with van der Waals surface area (Å²) in [6.07, 6.45) is 3.50. The molecule has 0 spiro atoms. The van der Waals surface area contributed by atoms with Crippen LogP contribution in [0.5, 0.6) is 0 Å². The summed E-state index contributed by atoms with van der Waals surface area (Å²) in [5, 5.41) is 11.8. The number of carbonyl (C=O) groups is 1. The molecule has 3 aromatic heterocycles. The normalized spacial score (nSPS) is 11.2. The summed E-state index contributed by atoms with van der Waals surface area (Å²) in [4.78, 5) is 26.1. The number of rotatable bonds is 6. The number of aryl methyl sites for hydroxylation is 1. The number of aromatic nitrogens is 5. The fourth-order valence-electron chi connectivity index (χ4n) is 3.87. The van der Waals surface area contributed by atoms with Crippen LogP contribution in [0, 0.1) is 18.6 Å². The topological polar surface area (TPSA) is 86.7 Å². The zero-order valence-electron chi connectivity index (χ0n) is 18.7. The van der Waals surface area contributed by atoms with E-state index in [0.717, 1.165) is 10.2 Å². The Balaban J connectivity index is 1.55. The maximum absolute atomic E-state index is 14.0. The zero-order chi connectivity index (χ0) is 24.5. The molecular formula is C25H20F2N6O2. The smallest absolute Gasteiger partial charge is 0.280 e. The first-order chi connectivity index (χ1) is 16.9. The van der Waals surface area contributed by atoms with Gasteiger partial charge in [-0.1, -0.05) is 18.2 Å². The second kappa shape index (κ2) is 8.98. The van der Waals surface area contributed by atoms with Gasteiger partial charge in [0.1, 0.15) is 29.1 Å². The summed E-state index contributed by atoms with van der Waals surface area (Å²) in [7, 11) is 0. The molecule has 0 radical (unpaired) electrons. The molecular weight excluding hydrogens is 454 g/mol. The van der Waals surface area contributed by atoms with Crippen LogP contribution < -0.4 is 10.9 Å². The number of halogens is 2. The maximum Gasteiger partial charge on any atom is 0.280 e. The van der Waals surface area contributed by atoms with Gasteiger partial charge in [0.25, 0.3) is 5.56 Å². The van der Waals surface area contributed by atoms with Crippen molar-refractivity contribution in [3.8, 4) is 11.5 Å². The number of nitrogens with one attached hydrogen (secondary N) is 1. The predicted octanol–water partition coefficient (Wildman–Crippen LogP) is 3.28. The third-order valence-electron chi connectivity index (χ3n) is 5.52. The van der Waals surface area contributed by atoms with Crippen molar-refractivity contribution >= 4 is 16.8 Å². The lowest BCUT2D eigenvalue weighted by molar-refractivity contribution is -0.122. The van der Waals surface area contributed by atoms with E-state index in [1.807, 2.05) is 0 Å². The number of hydrogen-bond acceptors (Lipinski definition) is 4. The van der Waals surface area contributed by atoms with Crippen molar-refractivity contribution < 1.29 is 13.6 Å². The summed E-state index contributed by atoms with van der Waals surface area (Å²) < 4.78 is 31.3. The average molecular weight is 474 g/mol. The van der Waals surface area contributed by atoms with Crippen molar-refractivity contribution in [1.29, 1.82) is 0 Å². The van der Waals surface area contributed by atoms with Crippen LogP contribution in [0.3, 0.4) is 0 Å². The second-order valence-electron chi connectivity index (χ2n) is 7.98. The highest BCUT2D eigenvalue weighted by atomic mass is 19.1. The van der Waals surface area contributed by atoms with Gasteiger partial charge >= 0.3 is 0 Å². The van der Waals surface area contributed by atoms with Crippen LogP contribution in [0.25, 0.3) is 22.4 Å². The van der Waals surface area contributed by atoms with E-state index in [9.17, 15) is 18.4 Å². The van der Waals surface area contributed by atoms with Gasteiger partial charge in [-0.15, -0.1) is 0 Å². The number of fused-ring (bicyclic) bond motifs is 1. The number of nitrogens with zero attached hydrogens (tertiary/aromatic N) is 5. The lowest BCUT2D eigenvalue weighted by Gasteiger charge is -2.10. The van der Waals surface area contributed by atoms with Crippen LogP contribution in [0.2, 0.25) is 0 Å². The Morgan fingerprint density at radius 2 is 1.71 bits per heavy atom. The minimum absolute atomic E-state index is 0.182. The highest BCUT2D eigenvalue weighted by Crippen LogP contribution is 2.24. The Morgan fingerprint density at radius 1 is 0.971 bits per heavy atom. The molecule has 1 N–H and O–H groups in total. The predicted molar refractivity (Wildman–Crippen MR) is 125 cm³/mol. The Bertz CT molecular complexity index is 1590. The van der Waals surface area contributed by atoms with E-state index < -0.39 is 17.3 Å². The fourth-order valence-corrected chi connectivity index (χ4v) is 3.87. The van der Waals surface area contributed by atoms with Gasteiger partial charge in [-0.3, -0.25) is 9.59 Å².